The van der Waals surface area contributed by atoms with Gasteiger partial charge >= 0.3 is 0 Å². The van der Waals surface area contributed by atoms with Crippen molar-refractivity contribution in [2.24, 2.45) is 0 Å². The molecule has 0 amide bonds. The summed E-state index contributed by atoms with van der Waals surface area (Å²) >= 11 is 0. The number of aromatic hydroxyl groups is 2. The molecule has 2 bridgehead atoms. The van der Waals surface area contributed by atoms with E-state index >= 15 is 0 Å². The molecule has 27 heavy (non-hydrogen) atoms. The molecule has 1 heterocycles. The minimum atomic E-state index is 0.116. The first kappa shape index (κ1) is 16.1. The molecule has 2 unspecified atom stereocenters. The Hall–Kier alpha value is -3.14. The van der Waals surface area contributed by atoms with Crippen LogP contribution in [0.3, 0.4) is 0 Å². The number of benzene rings is 2. The van der Waals surface area contributed by atoms with Crippen LogP contribution in [0.4, 0.5) is 0 Å². The summed E-state index contributed by atoms with van der Waals surface area (Å²) in [7, 11) is 0. The second-order valence-corrected chi connectivity index (χ2v) is 7.39. The average Bonchev–Trinajstić information content (AvgIpc) is 3.36. The summed E-state index contributed by atoms with van der Waals surface area (Å²) in [5.41, 5.74) is 4.63. The average molecular weight is 359 g/mol. The van der Waals surface area contributed by atoms with E-state index in [1.54, 1.807) is 0 Å². The van der Waals surface area contributed by atoms with Gasteiger partial charge in [-0.05, 0) is 31.0 Å². The smallest absolute Gasteiger partial charge is 0.202 e. The van der Waals surface area contributed by atoms with Gasteiger partial charge in [-0.1, -0.05) is 54.1 Å². The summed E-state index contributed by atoms with van der Waals surface area (Å²) in [6, 6.07) is 15.7. The first-order chi connectivity index (χ1) is 13.1. The third-order valence-electron chi connectivity index (χ3n) is 5.64. The van der Waals surface area contributed by atoms with Crippen LogP contribution >= 0.6 is 0 Å². The second kappa shape index (κ2) is 5.95. The number of aromatic nitrogens is 1. The van der Waals surface area contributed by atoms with Crippen LogP contribution in [0.5, 0.6) is 17.5 Å². The maximum Gasteiger partial charge on any atom is 0.202 e. The van der Waals surface area contributed by atoms with Crippen molar-refractivity contribution in [3.63, 3.8) is 0 Å². The van der Waals surface area contributed by atoms with Crippen LogP contribution in [0.2, 0.25) is 0 Å². The molecule has 4 heteroatoms. The van der Waals surface area contributed by atoms with Crippen molar-refractivity contribution in [2.45, 2.75) is 31.8 Å². The van der Waals surface area contributed by atoms with E-state index in [0.29, 0.717) is 18.0 Å². The minimum Gasteiger partial charge on any atom is -0.494 e. The molecule has 1 aromatic heterocycles. The van der Waals surface area contributed by atoms with Gasteiger partial charge in [0.25, 0.3) is 0 Å². The normalized spacial score (nSPS) is 19.4. The minimum absolute atomic E-state index is 0.116. The predicted octanol–water partition coefficient (Wildman–Crippen LogP) is 4.92. The van der Waals surface area contributed by atoms with Gasteiger partial charge in [-0.2, -0.15) is 0 Å². The number of hydrogen-bond donors (Lipinski definition) is 2. The van der Waals surface area contributed by atoms with Crippen LogP contribution in [-0.2, 0) is 6.61 Å². The summed E-state index contributed by atoms with van der Waals surface area (Å²) in [6.45, 7) is 2.48. The Morgan fingerprint density at radius 2 is 1.56 bits per heavy atom. The van der Waals surface area contributed by atoms with Crippen LogP contribution in [-0.4, -0.2) is 14.8 Å². The van der Waals surface area contributed by atoms with E-state index in [4.69, 9.17) is 4.74 Å². The number of allylic oxidation sites excluding steroid dienone is 2. The monoisotopic (exact) mass is 359 g/mol. The highest BCUT2D eigenvalue weighted by Crippen LogP contribution is 2.57. The number of ether oxygens (including phenoxy) is 1. The lowest BCUT2D eigenvalue weighted by molar-refractivity contribution is 0.302. The molecule has 4 nitrogen and oxygen atoms in total. The maximum atomic E-state index is 10.9. The standard InChI is InChI=1S/C23H21NO3/c1-14-6-8-15(9-7-14)13-27-19-5-3-2-4-18(19)24-22(25)20-16-10-11-17(12-16)21(20)23(24)26/h2-11,16-17,25-26H,12-13H2,1H3. The molecule has 0 aliphatic heterocycles. The Morgan fingerprint density at radius 3 is 2.22 bits per heavy atom. The van der Waals surface area contributed by atoms with E-state index in [-0.39, 0.29) is 23.6 Å². The fourth-order valence-electron chi connectivity index (χ4n) is 4.28. The molecule has 3 aromatic rings. The SMILES string of the molecule is Cc1ccc(COc2ccccc2-n2c(O)c3c(c2O)C2C=CC3C2)cc1. The second-order valence-electron chi connectivity index (χ2n) is 7.39. The number of fused-ring (bicyclic) bond motifs is 5. The molecule has 136 valence electrons. The highest BCUT2D eigenvalue weighted by atomic mass is 16.5. The molecule has 2 aromatic carbocycles. The number of aryl methyl sites for hydroxylation is 1. The molecule has 0 spiro atoms. The number of nitrogens with zero attached hydrogens (tertiary/aromatic N) is 1. The lowest BCUT2D eigenvalue weighted by Gasteiger charge is -2.15. The maximum absolute atomic E-state index is 10.9. The third kappa shape index (κ3) is 2.44. The Labute approximate surface area is 158 Å². The van der Waals surface area contributed by atoms with Gasteiger partial charge in [-0.25, -0.2) is 4.57 Å². The van der Waals surface area contributed by atoms with Crippen molar-refractivity contribution in [2.75, 3.05) is 0 Å². The van der Waals surface area contributed by atoms with Crippen molar-refractivity contribution in [1.29, 1.82) is 0 Å². The van der Waals surface area contributed by atoms with Crippen molar-refractivity contribution < 1.29 is 14.9 Å². The predicted molar refractivity (Wildman–Crippen MR) is 104 cm³/mol. The third-order valence-corrected chi connectivity index (χ3v) is 5.64. The first-order valence-corrected chi connectivity index (χ1v) is 9.26. The van der Waals surface area contributed by atoms with E-state index in [1.807, 2.05) is 36.4 Å². The molecule has 2 atom stereocenters. The summed E-state index contributed by atoms with van der Waals surface area (Å²) in [4.78, 5) is 0. The van der Waals surface area contributed by atoms with E-state index in [1.165, 1.54) is 10.1 Å². The molecule has 0 saturated carbocycles. The van der Waals surface area contributed by atoms with Gasteiger partial charge in [0.2, 0.25) is 11.8 Å². The van der Waals surface area contributed by atoms with Gasteiger partial charge in [0.05, 0.1) is 5.69 Å². The zero-order valence-corrected chi connectivity index (χ0v) is 15.1. The van der Waals surface area contributed by atoms with Crippen LogP contribution in [0.1, 0.15) is 40.5 Å². The quantitative estimate of drug-likeness (QED) is 0.650. The summed E-state index contributed by atoms with van der Waals surface area (Å²) in [6.07, 6.45) is 5.19. The molecule has 2 N–H and O–H groups in total. The molecular formula is C23H21NO3. The van der Waals surface area contributed by atoms with E-state index in [2.05, 4.69) is 31.2 Å². The first-order valence-electron chi connectivity index (χ1n) is 9.26. The number of para-hydroxylation sites is 2. The topological polar surface area (TPSA) is 54.6 Å². The van der Waals surface area contributed by atoms with Gasteiger partial charge in [0, 0.05) is 23.0 Å². The molecule has 0 radical (unpaired) electrons. The Balaban J connectivity index is 1.51. The molecule has 2 aliphatic rings. The van der Waals surface area contributed by atoms with Gasteiger partial charge in [-0.15, -0.1) is 0 Å². The fourth-order valence-corrected chi connectivity index (χ4v) is 4.28. The van der Waals surface area contributed by atoms with Gasteiger partial charge < -0.3 is 14.9 Å². The molecule has 0 fully saturated rings. The largest absolute Gasteiger partial charge is 0.494 e. The van der Waals surface area contributed by atoms with Crippen molar-refractivity contribution >= 4 is 0 Å². The summed E-state index contributed by atoms with van der Waals surface area (Å²) in [5, 5.41) is 21.7. The van der Waals surface area contributed by atoms with Crippen LogP contribution in [0, 0.1) is 6.92 Å². The number of hydrogen-bond acceptors (Lipinski definition) is 3. The zero-order valence-electron chi connectivity index (χ0n) is 15.1. The molecule has 5 rings (SSSR count). The fraction of sp³-hybridized carbons (Fsp3) is 0.217. The van der Waals surface area contributed by atoms with Crippen LogP contribution in [0.25, 0.3) is 5.69 Å². The Kier molecular flexibility index (Phi) is 3.54. The molecule has 0 saturated heterocycles. The lowest BCUT2D eigenvalue weighted by atomic mass is 10.0. The molecule has 2 aliphatic carbocycles. The lowest BCUT2D eigenvalue weighted by Crippen LogP contribution is -2.02. The van der Waals surface area contributed by atoms with E-state index < -0.39 is 0 Å². The van der Waals surface area contributed by atoms with E-state index in [9.17, 15) is 10.2 Å². The van der Waals surface area contributed by atoms with Crippen molar-refractivity contribution in [1.82, 2.24) is 4.57 Å². The van der Waals surface area contributed by atoms with Crippen molar-refractivity contribution in [3.05, 3.63) is 82.9 Å². The van der Waals surface area contributed by atoms with Crippen LogP contribution in [0.15, 0.2) is 60.7 Å². The van der Waals surface area contributed by atoms with Gasteiger partial charge in [-0.3, -0.25) is 0 Å². The Bertz CT molecular complexity index is 1010. The number of rotatable bonds is 4. The highest BCUT2D eigenvalue weighted by Gasteiger charge is 2.41. The highest BCUT2D eigenvalue weighted by molar-refractivity contribution is 5.64. The molecular weight excluding hydrogens is 338 g/mol. The Morgan fingerprint density at radius 1 is 0.926 bits per heavy atom. The summed E-state index contributed by atoms with van der Waals surface area (Å²) < 4.78 is 7.55. The van der Waals surface area contributed by atoms with E-state index in [0.717, 1.165) is 23.1 Å². The zero-order chi connectivity index (χ0) is 18.5. The van der Waals surface area contributed by atoms with Crippen LogP contribution < -0.4 is 4.74 Å². The van der Waals surface area contributed by atoms with Gasteiger partial charge in [0.1, 0.15) is 12.4 Å². The summed E-state index contributed by atoms with van der Waals surface area (Å²) in [5.74, 6) is 1.24. The van der Waals surface area contributed by atoms with Gasteiger partial charge in [0.15, 0.2) is 0 Å². The van der Waals surface area contributed by atoms with Crippen molar-refractivity contribution in [3.8, 4) is 23.2 Å².